The van der Waals surface area contributed by atoms with Crippen LogP contribution in [0.5, 0.6) is 5.88 Å². The molecule has 0 aliphatic carbocycles. The molecule has 0 aliphatic rings. The maximum Gasteiger partial charge on any atom is 0.213 e. The Balaban J connectivity index is 2.41. The monoisotopic (exact) mass is 175 g/mol. The third-order valence-corrected chi connectivity index (χ3v) is 1.67. The van der Waals surface area contributed by atoms with Crippen LogP contribution in [0, 0.1) is 0 Å². The summed E-state index contributed by atoms with van der Waals surface area (Å²) >= 11 is 0. The van der Waals surface area contributed by atoms with E-state index in [4.69, 9.17) is 4.74 Å². The average molecular weight is 175 g/mol. The number of hydrogen-bond acceptors (Lipinski definition) is 3. The lowest BCUT2D eigenvalue weighted by molar-refractivity contribution is 0.398. The number of rotatable bonds is 2. The number of pyridine rings is 1. The van der Waals surface area contributed by atoms with Crippen LogP contribution in [-0.2, 0) is 0 Å². The van der Waals surface area contributed by atoms with Gasteiger partial charge in [-0.15, -0.1) is 0 Å². The number of aromatic amines is 1. The summed E-state index contributed by atoms with van der Waals surface area (Å²) in [6.07, 6.45) is 3.45. The first-order valence-electron chi connectivity index (χ1n) is 3.91. The van der Waals surface area contributed by atoms with Gasteiger partial charge in [-0.2, -0.15) is 0 Å². The normalized spacial score (nSPS) is 9.92. The van der Waals surface area contributed by atoms with E-state index in [1.807, 2.05) is 12.1 Å². The van der Waals surface area contributed by atoms with Crippen molar-refractivity contribution in [2.24, 2.45) is 0 Å². The van der Waals surface area contributed by atoms with Crippen molar-refractivity contribution < 1.29 is 4.74 Å². The zero-order valence-corrected chi connectivity index (χ0v) is 7.19. The van der Waals surface area contributed by atoms with E-state index in [-0.39, 0.29) is 0 Å². The number of H-pyrrole nitrogens is 1. The molecule has 0 saturated carbocycles. The molecule has 2 aromatic heterocycles. The lowest BCUT2D eigenvalue weighted by Gasteiger charge is -1.99. The fourth-order valence-corrected chi connectivity index (χ4v) is 1.07. The molecule has 4 nitrogen and oxygen atoms in total. The van der Waals surface area contributed by atoms with Gasteiger partial charge >= 0.3 is 0 Å². The topological polar surface area (TPSA) is 50.8 Å². The van der Waals surface area contributed by atoms with E-state index in [1.54, 1.807) is 25.6 Å². The summed E-state index contributed by atoms with van der Waals surface area (Å²) < 4.78 is 5.00. The largest absolute Gasteiger partial charge is 0.481 e. The molecule has 0 aliphatic heterocycles. The Morgan fingerprint density at radius 2 is 2.31 bits per heavy atom. The molecule has 0 saturated heterocycles. The van der Waals surface area contributed by atoms with Crippen LogP contribution < -0.4 is 4.74 Å². The standard InChI is InChI=1S/C9H9N3O/c1-13-8-4-2-3-7(12-8)9-10-5-6-11-9/h2-6H,1H3,(H,10,11). The zero-order chi connectivity index (χ0) is 9.10. The molecule has 0 bridgehead atoms. The summed E-state index contributed by atoms with van der Waals surface area (Å²) in [5.41, 5.74) is 0.782. The van der Waals surface area contributed by atoms with Gasteiger partial charge in [0.2, 0.25) is 5.88 Å². The molecule has 0 atom stereocenters. The number of hydrogen-bond donors (Lipinski definition) is 1. The number of ether oxygens (including phenoxy) is 1. The minimum Gasteiger partial charge on any atom is -0.481 e. The van der Waals surface area contributed by atoms with Gasteiger partial charge in [-0.25, -0.2) is 9.97 Å². The van der Waals surface area contributed by atoms with E-state index < -0.39 is 0 Å². The first kappa shape index (κ1) is 7.79. The summed E-state index contributed by atoms with van der Waals surface area (Å²) in [7, 11) is 1.59. The predicted molar refractivity (Wildman–Crippen MR) is 48.4 cm³/mol. The van der Waals surface area contributed by atoms with Gasteiger partial charge in [-0.05, 0) is 6.07 Å². The molecule has 66 valence electrons. The van der Waals surface area contributed by atoms with Gasteiger partial charge in [0.25, 0.3) is 0 Å². The van der Waals surface area contributed by atoms with E-state index in [1.165, 1.54) is 0 Å². The highest BCUT2D eigenvalue weighted by Gasteiger charge is 2.01. The maximum atomic E-state index is 5.00. The summed E-state index contributed by atoms with van der Waals surface area (Å²) in [5.74, 6) is 1.34. The van der Waals surface area contributed by atoms with E-state index in [2.05, 4.69) is 15.0 Å². The first-order chi connectivity index (χ1) is 6.40. The van der Waals surface area contributed by atoms with Gasteiger partial charge in [0, 0.05) is 18.5 Å². The third-order valence-electron chi connectivity index (χ3n) is 1.67. The second kappa shape index (κ2) is 3.26. The highest BCUT2D eigenvalue weighted by Crippen LogP contribution is 2.14. The van der Waals surface area contributed by atoms with Crippen molar-refractivity contribution in [3.63, 3.8) is 0 Å². The van der Waals surface area contributed by atoms with Gasteiger partial charge < -0.3 is 9.72 Å². The van der Waals surface area contributed by atoms with E-state index in [9.17, 15) is 0 Å². The molecule has 0 spiro atoms. The minimum absolute atomic E-state index is 0.592. The van der Waals surface area contributed by atoms with E-state index in [0.29, 0.717) is 5.88 Å². The molecule has 4 heteroatoms. The number of aromatic nitrogens is 3. The molecule has 2 heterocycles. The molecule has 2 rings (SSSR count). The molecular formula is C9H9N3O. The Bertz CT molecular complexity index is 384. The van der Waals surface area contributed by atoms with Crippen LogP contribution >= 0.6 is 0 Å². The molecule has 0 aromatic carbocycles. The Kier molecular flexibility index (Phi) is 1.96. The molecule has 1 N–H and O–H groups in total. The maximum absolute atomic E-state index is 5.00. The molecule has 2 aromatic rings. The van der Waals surface area contributed by atoms with Gasteiger partial charge in [0.15, 0.2) is 5.82 Å². The highest BCUT2D eigenvalue weighted by molar-refractivity contribution is 5.49. The summed E-state index contributed by atoms with van der Waals surface area (Å²) in [6, 6.07) is 5.55. The molecule has 0 fully saturated rings. The SMILES string of the molecule is COc1cccc(-c2ncc[nH]2)n1. The lowest BCUT2D eigenvalue weighted by atomic mass is 10.3. The van der Waals surface area contributed by atoms with Crippen LogP contribution in [0.4, 0.5) is 0 Å². The molecular weight excluding hydrogens is 166 g/mol. The number of imidazole rings is 1. The van der Waals surface area contributed by atoms with Crippen molar-refractivity contribution in [3.05, 3.63) is 30.6 Å². The third kappa shape index (κ3) is 1.51. The van der Waals surface area contributed by atoms with Crippen molar-refractivity contribution in [2.75, 3.05) is 7.11 Å². The van der Waals surface area contributed by atoms with Crippen LogP contribution in [-0.4, -0.2) is 22.1 Å². The fourth-order valence-electron chi connectivity index (χ4n) is 1.07. The Labute approximate surface area is 75.6 Å². The second-order valence-corrected chi connectivity index (χ2v) is 2.50. The average Bonchev–Trinajstić information content (AvgIpc) is 2.71. The van der Waals surface area contributed by atoms with Crippen LogP contribution in [0.3, 0.4) is 0 Å². The summed E-state index contributed by atoms with van der Waals surface area (Å²) in [5, 5.41) is 0. The van der Waals surface area contributed by atoms with Gasteiger partial charge in [0.1, 0.15) is 5.69 Å². The number of nitrogens with one attached hydrogen (secondary N) is 1. The molecule has 0 radical (unpaired) electrons. The Morgan fingerprint density at radius 3 is 3.00 bits per heavy atom. The molecule has 0 unspecified atom stereocenters. The lowest BCUT2D eigenvalue weighted by Crippen LogP contribution is -1.90. The Hall–Kier alpha value is -1.84. The van der Waals surface area contributed by atoms with Crippen molar-refractivity contribution in [3.8, 4) is 17.4 Å². The first-order valence-corrected chi connectivity index (χ1v) is 3.91. The van der Waals surface area contributed by atoms with Crippen molar-refractivity contribution in [2.45, 2.75) is 0 Å². The summed E-state index contributed by atoms with van der Waals surface area (Å²) in [4.78, 5) is 11.3. The van der Waals surface area contributed by atoms with Crippen LogP contribution in [0.25, 0.3) is 11.5 Å². The Morgan fingerprint density at radius 1 is 1.38 bits per heavy atom. The van der Waals surface area contributed by atoms with Crippen LogP contribution in [0.2, 0.25) is 0 Å². The van der Waals surface area contributed by atoms with Gasteiger partial charge in [-0.1, -0.05) is 6.07 Å². The van der Waals surface area contributed by atoms with Crippen molar-refractivity contribution >= 4 is 0 Å². The van der Waals surface area contributed by atoms with E-state index >= 15 is 0 Å². The smallest absolute Gasteiger partial charge is 0.213 e. The van der Waals surface area contributed by atoms with Crippen LogP contribution in [0.1, 0.15) is 0 Å². The van der Waals surface area contributed by atoms with Gasteiger partial charge in [-0.3, -0.25) is 0 Å². The van der Waals surface area contributed by atoms with E-state index in [0.717, 1.165) is 11.5 Å². The fraction of sp³-hybridized carbons (Fsp3) is 0.111. The quantitative estimate of drug-likeness (QED) is 0.752. The van der Waals surface area contributed by atoms with Crippen LogP contribution in [0.15, 0.2) is 30.6 Å². The summed E-state index contributed by atoms with van der Waals surface area (Å²) in [6.45, 7) is 0. The second-order valence-electron chi connectivity index (χ2n) is 2.50. The zero-order valence-electron chi connectivity index (χ0n) is 7.19. The van der Waals surface area contributed by atoms with Crippen molar-refractivity contribution in [1.82, 2.24) is 15.0 Å². The minimum atomic E-state index is 0.592. The molecule has 0 amide bonds. The molecule has 13 heavy (non-hydrogen) atoms. The number of nitrogens with zero attached hydrogens (tertiary/aromatic N) is 2. The highest BCUT2D eigenvalue weighted by atomic mass is 16.5. The van der Waals surface area contributed by atoms with Crippen molar-refractivity contribution in [1.29, 1.82) is 0 Å². The van der Waals surface area contributed by atoms with Gasteiger partial charge in [0.05, 0.1) is 7.11 Å². The number of methoxy groups -OCH3 is 1. The predicted octanol–water partition coefficient (Wildman–Crippen LogP) is 1.48.